The van der Waals surface area contributed by atoms with Crippen molar-refractivity contribution in [3.8, 4) is 0 Å². The van der Waals surface area contributed by atoms with E-state index in [1.807, 2.05) is 0 Å². The predicted octanol–water partition coefficient (Wildman–Crippen LogP) is 0.812. The normalized spacial score (nSPS) is 32.3. The van der Waals surface area contributed by atoms with E-state index in [9.17, 15) is 4.79 Å². The Hall–Kier alpha value is -0.610. The molecule has 1 N–H and O–H groups in total. The van der Waals surface area contributed by atoms with Gasteiger partial charge in [0, 0.05) is 6.61 Å². The van der Waals surface area contributed by atoms with Crippen LogP contribution in [0.15, 0.2) is 0 Å². The second-order valence-electron chi connectivity index (χ2n) is 4.74. The first-order valence-corrected chi connectivity index (χ1v) is 6.19. The van der Waals surface area contributed by atoms with Crippen molar-refractivity contribution in [2.24, 2.45) is 17.8 Å². The summed E-state index contributed by atoms with van der Waals surface area (Å²) in [4.78, 5) is 11.7. The Morgan fingerprint density at radius 2 is 2.06 bits per heavy atom. The van der Waals surface area contributed by atoms with Gasteiger partial charge in [0.2, 0.25) is 0 Å². The quantitative estimate of drug-likeness (QED) is 0.709. The zero-order chi connectivity index (χ0) is 11.4. The lowest BCUT2D eigenvalue weighted by Gasteiger charge is -2.37. The van der Waals surface area contributed by atoms with Crippen molar-refractivity contribution in [1.29, 1.82) is 0 Å². The smallest absolute Gasteiger partial charge is 0.311 e. The van der Waals surface area contributed by atoms with Gasteiger partial charge < -0.3 is 14.8 Å². The highest BCUT2D eigenvalue weighted by Crippen LogP contribution is 2.34. The molecule has 0 aromatic heterocycles. The maximum atomic E-state index is 11.7. The standard InChI is InChI=1S/C12H21NO3/c1-15-12(14)11-8-16-7-4-10(11)9-2-5-13-6-3-9/h9-11,13H,2-8H2,1H3. The van der Waals surface area contributed by atoms with E-state index < -0.39 is 0 Å². The van der Waals surface area contributed by atoms with Crippen LogP contribution in [-0.4, -0.2) is 39.4 Å². The van der Waals surface area contributed by atoms with Crippen LogP contribution in [0.4, 0.5) is 0 Å². The van der Waals surface area contributed by atoms with Crippen LogP contribution in [0.5, 0.6) is 0 Å². The lowest BCUT2D eigenvalue weighted by molar-refractivity contribution is -0.155. The Morgan fingerprint density at radius 1 is 1.31 bits per heavy atom. The summed E-state index contributed by atoms with van der Waals surface area (Å²) >= 11 is 0. The van der Waals surface area contributed by atoms with E-state index in [1.165, 1.54) is 20.0 Å². The molecule has 2 fully saturated rings. The van der Waals surface area contributed by atoms with E-state index in [2.05, 4.69) is 5.32 Å². The number of carbonyl (C=O) groups excluding carboxylic acids is 1. The topological polar surface area (TPSA) is 47.6 Å². The van der Waals surface area contributed by atoms with E-state index in [4.69, 9.17) is 9.47 Å². The Balaban J connectivity index is 2.00. The molecular formula is C12H21NO3. The molecule has 92 valence electrons. The van der Waals surface area contributed by atoms with Gasteiger partial charge in [-0.15, -0.1) is 0 Å². The number of hydrogen-bond donors (Lipinski definition) is 1. The summed E-state index contributed by atoms with van der Waals surface area (Å²) in [5, 5.41) is 3.36. The van der Waals surface area contributed by atoms with Gasteiger partial charge >= 0.3 is 5.97 Å². The maximum absolute atomic E-state index is 11.7. The molecule has 0 amide bonds. The zero-order valence-electron chi connectivity index (χ0n) is 9.91. The number of nitrogens with one attached hydrogen (secondary N) is 1. The van der Waals surface area contributed by atoms with Gasteiger partial charge in [0.25, 0.3) is 0 Å². The van der Waals surface area contributed by atoms with Gasteiger partial charge in [-0.25, -0.2) is 0 Å². The number of carbonyl (C=O) groups is 1. The molecule has 2 heterocycles. The summed E-state index contributed by atoms with van der Waals surface area (Å²) in [6, 6.07) is 0. The van der Waals surface area contributed by atoms with Crippen molar-refractivity contribution in [2.75, 3.05) is 33.4 Å². The van der Waals surface area contributed by atoms with Gasteiger partial charge in [-0.05, 0) is 44.2 Å². The lowest BCUT2D eigenvalue weighted by Crippen LogP contribution is -2.42. The minimum Gasteiger partial charge on any atom is -0.469 e. The molecular weight excluding hydrogens is 206 g/mol. The van der Waals surface area contributed by atoms with Crippen LogP contribution in [0.25, 0.3) is 0 Å². The number of hydrogen-bond acceptors (Lipinski definition) is 4. The predicted molar refractivity (Wildman–Crippen MR) is 60.0 cm³/mol. The van der Waals surface area contributed by atoms with Crippen LogP contribution in [0.3, 0.4) is 0 Å². The van der Waals surface area contributed by atoms with E-state index >= 15 is 0 Å². The van der Waals surface area contributed by atoms with Gasteiger partial charge in [0.15, 0.2) is 0 Å². The largest absolute Gasteiger partial charge is 0.469 e. The van der Waals surface area contributed by atoms with E-state index in [0.29, 0.717) is 18.4 Å². The molecule has 2 rings (SSSR count). The van der Waals surface area contributed by atoms with Crippen molar-refractivity contribution in [1.82, 2.24) is 5.32 Å². The number of rotatable bonds is 2. The van der Waals surface area contributed by atoms with Gasteiger partial charge in [-0.2, -0.15) is 0 Å². The third kappa shape index (κ3) is 2.55. The minimum atomic E-state index is -0.0942. The number of piperidine rings is 1. The molecule has 0 radical (unpaired) electrons. The molecule has 2 atom stereocenters. The average molecular weight is 227 g/mol. The first-order valence-electron chi connectivity index (χ1n) is 6.19. The van der Waals surface area contributed by atoms with Gasteiger partial charge in [0.1, 0.15) is 0 Å². The van der Waals surface area contributed by atoms with Crippen molar-refractivity contribution >= 4 is 5.97 Å². The van der Waals surface area contributed by atoms with E-state index in [1.54, 1.807) is 0 Å². The molecule has 2 saturated heterocycles. The molecule has 4 nitrogen and oxygen atoms in total. The number of ether oxygens (including phenoxy) is 2. The molecule has 0 aromatic rings. The summed E-state index contributed by atoms with van der Waals surface area (Å²) < 4.78 is 10.3. The fourth-order valence-corrected chi connectivity index (χ4v) is 2.99. The number of methoxy groups -OCH3 is 1. The van der Waals surface area contributed by atoms with Crippen LogP contribution in [0, 0.1) is 17.8 Å². The first kappa shape index (κ1) is 11.9. The Labute approximate surface area is 96.7 Å². The van der Waals surface area contributed by atoms with Crippen molar-refractivity contribution in [3.63, 3.8) is 0 Å². The van der Waals surface area contributed by atoms with Crippen LogP contribution in [0.2, 0.25) is 0 Å². The molecule has 2 aliphatic rings. The lowest BCUT2D eigenvalue weighted by atomic mass is 9.74. The zero-order valence-corrected chi connectivity index (χ0v) is 9.91. The number of esters is 1. The summed E-state index contributed by atoms with van der Waals surface area (Å²) in [6.45, 7) is 3.50. The molecule has 0 bridgehead atoms. The highest BCUT2D eigenvalue weighted by Gasteiger charge is 2.37. The molecule has 2 unspecified atom stereocenters. The molecule has 0 aromatic carbocycles. The average Bonchev–Trinajstić information content (AvgIpc) is 2.39. The molecule has 0 aliphatic carbocycles. The highest BCUT2D eigenvalue weighted by molar-refractivity contribution is 5.73. The van der Waals surface area contributed by atoms with Gasteiger partial charge in [-0.1, -0.05) is 0 Å². The third-order valence-electron chi connectivity index (χ3n) is 3.90. The summed E-state index contributed by atoms with van der Waals surface area (Å²) in [5.41, 5.74) is 0. The fourth-order valence-electron chi connectivity index (χ4n) is 2.99. The minimum absolute atomic E-state index is 0.0400. The van der Waals surface area contributed by atoms with E-state index in [0.717, 1.165) is 26.1 Å². The molecule has 0 spiro atoms. The second-order valence-corrected chi connectivity index (χ2v) is 4.74. The van der Waals surface area contributed by atoms with Crippen molar-refractivity contribution in [3.05, 3.63) is 0 Å². The molecule has 4 heteroatoms. The van der Waals surface area contributed by atoms with Gasteiger partial charge in [-0.3, -0.25) is 4.79 Å². The van der Waals surface area contributed by atoms with Crippen LogP contribution in [-0.2, 0) is 14.3 Å². The van der Waals surface area contributed by atoms with Crippen LogP contribution < -0.4 is 5.32 Å². The summed E-state index contributed by atoms with van der Waals surface area (Å²) in [7, 11) is 1.47. The van der Waals surface area contributed by atoms with E-state index in [-0.39, 0.29) is 11.9 Å². The Morgan fingerprint density at radius 3 is 2.75 bits per heavy atom. The summed E-state index contributed by atoms with van der Waals surface area (Å²) in [6.07, 6.45) is 3.36. The Bertz CT molecular complexity index is 238. The van der Waals surface area contributed by atoms with Gasteiger partial charge in [0.05, 0.1) is 19.6 Å². The fraction of sp³-hybridized carbons (Fsp3) is 0.917. The first-order chi connectivity index (χ1) is 7.83. The van der Waals surface area contributed by atoms with Crippen molar-refractivity contribution < 1.29 is 14.3 Å². The maximum Gasteiger partial charge on any atom is 0.311 e. The SMILES string of the molecule is COC(=O)C1COCCC1C1CCNCC1. The second kappa shape index (κ2) is 5.64. The summed E-state index contributed by atoms with van der Waals surface area (Å²) in [5.74, 6) is 0.989. The molecule has 0 saturated carbocycles. The monoisotopic (exact) mass is 227 g/mol. The molecule has 2 aliphatic heterocycles. The highest BCUT2D eigenvalue weighted by atomic mass is 16.5. The Kier molecular flexibility index (Phi) is 4.18. The van der Waals surface area contributed by atoms with Crippen LogP contribution >= 0.6 is 0 Å². The van der Waals surface area contributed by atoms with Crippen LogP contribution in [0.1, 0.15) is 19.3 Å². The third-order valence-corrected chi connectivity index (χ3v) is 3.90. The molecule has 16 heavy (non-hydrogen) atoms. The van der Waals surface area contributed by atoms with Crippen molar-refractivity contribution in [2.45, 2.75) is 19.3 Å².